The van der Waals surface area contributed by atoms with E-state index in [-0.39, 0.29) is 0 Å². The molecular weight excluding hydrogens is 430 g/mol. The fourth-order valence-corrected chi connectivity index (χ4v) is 2.25. The van der Waals surface area contributed by atoms with Crippen molar-refractivity contribution in [1.82, 2.24) is 24.7 Å². The van der Waals surface area contributed by atoms with Gasteiger partial charge in [0.25, 0.3) is 0 Å². The first-order chi connectivity index (χ1) is 16.7. The molecule has 1 aliphatic rings. The molecule has 0 bridgehead atoms. The third-order valence-corrected chi connectivity index (χ3v) is 4.52. The van der Waals surface area contributed by atoms with Crippen LogP contribution in [0.3, 0.4) is 0 Å². The van der Waals surface area contributed by atoms with Crippen LogP contribution >= 0.6 is 0 Å². The summed E-state index contributed by atoms with van der Waals surface area (Å²) in [4.78, 5) is 14.8. The second-order valence-corrected chi connectivity index (χ2v) is 9.12. The van der Waals surface area contributed by atoms with E-state index in [0.29, 0.717) is 0 Å². The molecule has 1 saturated heterocycles. The molecule has 3 rings (SSSR count). The Morgan fingerprint density at radius 1 is 0.743 bits per heavy atom. The minimum Gasteiger partial charge on any atom is -0.309 e. The van der Waals surface area contributed by atoms with Crippen molar-refractivity contribution >= 4 is 0 Å². The lowest BCUT2D eigenvalue weighted by molar-refractivity contribution is 0.181. The molecule has 3 heterocycles. The maximum Gasteiger partial charge on any atom is 0.0372 e. The number of rotatable bonds is 3. The van der Waals surface area contributed by atoms with Crippen molar-refractivity contribution in [2.75, 3.05) is 60.9 Å². The van der Waals surface area contributed by atoms with Crippen LogP contribution in [0.2, 0.25) is 0 Å². The summed E-state index contributed by atoms with van der Waals surface area (Å²) >= 11 is 0. The average molecular weight is 490 g/mol. The number of pyridine rings is 2. The Kier molecular flexibility index (Phi) is 32.6. The lowest BCUT2D eigenvalue weighted by atomic mass is 10.3. The number of aromatic nitrogens is 2. The van der Waals surface area contributed by atoms with Crippen LogP contribution in [0.1, 0.15) is 71.6 Å². The normalized spacial score (nSPS) is 12.6. The molecule has 0 N–H and O–H groups in total. The van der Waals surface area contributed by atoms with E-state index >= 15 is 0 Å². The molecule has 1 fully saturated rings. The fraction of sp³-hybridized carbons (Fsp3) is 0.667. The Bertz CT molecular complexity index is 547. The molecule has 0 amide bonds. The van der Waals surface area contributed by atoms with Crippen molar-refractivity contribution in [2.24, 2.45) is 0 Å². The van der Waals surface area contributed by atoms with E-state index in [2.05, 4.69) is 87.5 Å². The van der Waals surface area contributed by atoms with Gasteiger partial charge in [-0.2, -0.15) is 0 Å². The highest BCUT2D eigenvalue weighted by Crippen LogP contribution is 1.93. The highest BCUT2D eigenvalue weighted by Gasteiger charge is 2.07. The molecule has 204 valence electrons. The summed E-state index contributed by atoms with van der Waals surface area (Å²) in [7, 11) is 8.52. The summed E-state index contributed by atoms with van der Waals surface area (Å²) in [5, 5.41) is 0. The number of nitrogens with zero attached hydrogens (tertiary/aromatic N) is 5. The van der Waals surface area contributed by atoms with Gasteiger partial charge in [-0.05, 0) is 78.8 Å². The maximum absolute atomic E-state index is 3.98. The van der Waals surface area contributed by atoms with Crippen molar-refractivity contribution in [1.29, 1.82) is 0 Å². The molecule has 5 heteroatoms. The van der Waals surface area contributed by atoms with Crippen molar-refractivity contribution in [3.8, 4) is 0 Å². The predicted octanol–water partition coefficient (Wildman–Crippen LogP) is 6.82. The zero-order valence-electron chi connectivity index (χ0n) is 25.2. The SMILES string of the molecule is CCC.CCCC.CCCN(C)C.CN1CCN(C)CC1.Cc1ccccn1.Cc1cccnc1. The maximum atomic E-state index is 3.98. The van der Waals surface area contributed by atoms with Gasteiger partial charge in [0, 0.05) is 50.5 Å². The highest BCUT2D eigenvalue weighted by molar-refractivity contribution is 5.04. The van der Waals surface area contributed by atoms with Gasteiger partial charge in [0.05, 0.1) is 0 Å². The first-order valence-corrected chi connectivity index (χ1v) is 13.4. The first-order valence-electron chi connectivity index (χ1n) is 13.4. The largest absolute Gasteiger partial charge is 0.309 e. The number of aryl methyl sites for hydroxylation is 2. The molecule has 0 aromatic carbocycles. The van der Waals surface area contributed by atoms with Crippen LogP contribution in [0, 0.1) is 13.8 Å². The highest BCUT2D eigenvalue weighted by atomic mass is 15.2. The van der Waals surface area contributed by atoms with Crippen molar-refractivity contribution in [2.45, 2.75) is 74.1 Å². The molecule has 2 aromatic rings. The van der Waals surface area contributed by atoms with Gasteiger partial charge in [0.15, 0.2) is 0 Å². The number of piperazine rings is 1. The summed E-state index contributed by atoms with van der Waals surface area (Å²) in [5.41, 5.74) is 2.28. The Labute approximate surface area is 220 Å². The smallest absolute Gasteiger partial charge is 0.0372 e. The zero-order valence-corrected chi connectivity index (χ0v) is 25.2. The van der Waals surface area contributed by atoms with Crippen LogP contribution in [0.25, 0.3) is 0 Å². The molecule has 0 spiro atoms. The van der Waals surface area contributed by atoms with E-state index < -0.39 is 0 Å². The second-order valence-electron chi connectivity index (χ2n) is 9.12. The molecule has 2 aromatic heterocycles. The third kappa shape index (κ3) is 36.9. The Balaban J connectivity index is -0.000000361. The van der Waals surface area contributed by atoms with Gasteiger partial charge in [-0.25, -0.2) is 0 Å². The van der Waals surface area contributed by atoms with Gasteiger partial charge in [-0.3, -0.25) is 9.97 Å². The summed E-state index contributed by atoms with van der Waals surface area (Å²) in [5.74, 6) is 0. The van der Waals surface area contributed by atoms with Crippen LogP contribution in [-0.2, 0) is 0 Å². The molecule has 0 atom stereocenters. The van der Waals surface area contributed by atoms with Crippen LogP contribution in [0.4, 0.5) is 0 Å². The second kappa shape index (κ2) is 30.2. The Morgan fingerprint density at radius 3 is 1.43 bits per heavy atom. The standard InChI is InChI=1S/C6H14N2.2C6H7N.C5H13N.C4H10.C3H8/c1-7-3-5-8(2)6-4-7;1-6-3-2-4-7-5-6;1-6-4-2-3-5-7-6;1-4-5-6(2)3;1-3-4-2;1-3-2/h3-6H2,1-2H3;2*2-5H,1H3;4-5H2,1-3H3;3-4H2,1-2H3;3H2,1-2H3. The molecule has 0 unspecified atom stereocenters. The molecule has 5 nitrogen and oxygen atoms in total. The molecule has 0 radical (unpaired) electrons. The molecule has 0 aliphatic carbocycles. The van der Waals surface area contributed by atoms with Crippen molar-refractivity contribution in [3.63, 3.8) is 0 Å². The van der Waals surface area contributed by atoms with Crippen LogP contribution in [-0.4, -0.2) is 85.6 Å². The number of unbranched alkanes of at least 4 members (excludes halogenated alkanes) is 1. The lowest BCUT2D eigenvalue weighted by Gasteiger charge is -2.28. The van der Waals surface area contributed by atoms with Gasteiger partial charge in [-0.15, -0.1) is 0 Å². The molecule has 35 heavy (non-hydrogen) atoms. The van der Waals surface area contributed by atoms with Crippen molar-refractivity contribution in [3.05, 3.63) is 60.2 Å². The van der Waals surface area contributed by atoms with Crippen LogP contribution in [0.15, 0.2) is 48.9 Å². The van der Waals surface area contributed by atoms with Gasteiger partial charge in [-0.1, -0.05) is 66.0 Å². The van der Waals surface area contributed by atoms with Gasteiger partial charge < -0.3 is 14.7 Å². The number of hydrogen-bond donors (Lipinski definition) is 0. The van der Waals surface area contributed by atoms with Crippen LogP contribution < -0.4 is 0 Å². The number of hydrogen-bond acceptors (Lipinski definition) is 5. The van der Waals surface area contributed by atoms with Crippen LogP contribution in [0.5, 0.6) is 0 Å². The van der Waals surface area contributed by atoms with Gasteiger partial charge in [0.2, 0.25) is 0 Å². The third-order valence-electron chi connectivity index (χ3n) is 4.52. The zero-order chi connectivity index (χ0) is 27.3. The monoisotopic (exact) mass is 489 g/mol. The molecule has 1 aliphatic heterocycles. The lowest BCUT2D eigenvalue weighted by Crippen LogP contribution is -2.42. The minimum atomic E-state index is 1.07. The molecule has 0 saturated carbocycles. The van der Waals surface area contributed by atoms with E-state index in [1.807, 2.05) is 50.4 Å². The van der Waals surface area contributed by atoms with Crippen molar-refractivity contribution < 1.29 is 0 Å². The number of likely N-dealkylation sites (N-methyl/N-ethyl adjacent to an activating group) is 2. The van der Waals surface area contributed by atoms with E-state index in [0.717, 1.165) is 5.69 Å². The summed E-state index contributed by atoms with van der Waals surface area (Å²) in [6, 6.07) is 9.80. The van der Waals surface area contributed by atoms with E-state index in [1.165, 1.54) is 64.0 Å². The molecular formula is C30H59N5. The minimum absolute atomic E-state index is 1.07. The average Bonchev–Trinajstić information content (AvgIpc) is 2.84. The van der Waals surface area contributed by atoms with E-state index in [9.17, 15) is 0 Å². The summed E-state index contributed by atoms with van der Waals surface area (Å²) < 4.78 is 0. The quantitative estimate of drug-likeness (QED) is 0.472. The van der Waals surface area contributed by atoms with E-state index in [1.54, 1.807) is 12.4 Å². The first kappa shape index (κ1) is 37.7. The Morgan fingerprint density at radius 2 is 1.26 bits per heavy atom. The topological polar surface area (TPSA) is 35.5 Å². The summed E-state index contributed by atoms with van der Waals surface area (Å²) in [6.45, 7) is 20.9. The predicted molar refractivity (Wildman–Crippen MR) is 158 cm³/mol. The fourth-order valence-electron chi connectivity index (χ4n) is 2.25. The van der Waals surface area contributed by atoms with Gasteiger partial charge >= 0.3 is 0 Å². The Hall–Kier alpha value is -1.82. The van der Waals surface area contributed by atoms with Gasteiger partial charge in [0.1, 0.15) is 0 Å². The summed E-state index contributed by atoms with van der Waals surface area (Å²) in [6.07, 6.45) is 10.5. The van der Waals surface area contributed by atoms with E-state index in [4.69, 9.17) is 0 Å².